The Morgan fingerprint density at radius 1 is 0.939 bits per heavy atom. The summed E-state index contributed by atoms with van der Waals surface area (Å²) in [5.74, 6) is 1.84. The van der Waals surface area contributed by atoms with Gasteiger partial charge in [-0.2, -0.15) is 0 Å². The number of carbonyl (C=O) groups is 1. The number of anilines is 2. The first-order valence-corrected chi connectivity index (χ1v) is 11.4. The molecule has 33 heavy (non-hydrogen) atoms. The van der Waals surface area contributed by atoms with Crippen LogP contribution in [0.15, 0.2) is 84.1 Å². The van der Waals surface area contributed by atoms with Crippen LogP contribution >= 0.6 is 0 Å². The molecule has 0 bridgehead atoms. The third-order valence-electron chi connectivity index (χ3n) is 6.40. The lowest BCUT2D eigenvalue weighted by Crippen LogP contribution is -2.27. The Bertz CT molecular complexity index is 1220. The van der Waals surface area contributed by atoms with E-state index in [0.717, 1.165) is 51.7 Å². The van der Waals surface area contributed by atoms with Crippen LogP contribution in [0.5, 0.6) is 11.5 Å². The van der Waals surface area contributed by atoms with Crippen molar-refractivity contribution in [1.82, 2.24) is 0 Å². The molecule has 3 aromatic carbocycles. The average Bonchev–Trinajstić information content (AvgIpc) is 3.01. The van der Waals surface area contributed by atoms with Crippen molar-refractivity contribution < 1.29 is 14.3 Å². The normalized spacial score (nSPS) is 19.5. The molecule has 0 saturated heterocycles. The minimum Gasteiger partial charge on any atom is -0.497 e. The van der Waals surface area contributed by atoms with Crippen LogP contribution in [0.25, 0.3) is 0 Å². The molecule has 1 aliphatic heterocycles. The molecule has 0 saturated carbocycles. The number of nitrogens with one attached hydrogen (secondary N) is 2. The highest BCUT2D eigenvalue weighted by atomic mass is 16.5. The van der Waals surface area contributed by atoms with Gasteiger partial charge in [0.1, 0.15) is 11.5 Å². The van der Waals surface area contributed by atoms with Crippen molar-refractivity contribution in [3.05, 3.63) is 95.2 Å². The van der Waals surface area contributed by atoms with E-state index in [-0.39, 0.29) is 17.7 Å². The van der Waals surface area contributed by atoms with Crippen LogP contribution in [0.4, 0.5) is 11.4 Å². The highest BCUT2D eigenvalue weighted by molar-refractivity contribution is 6.01. The fourth-order valence-corrected chi connectivity index (χ4v) is 4.86. The fraction of sp³-hybridized carbons (Fsp3) is 0.250. The minimum absolute atomic E-state index is 0.0897. The Kier molecular flexibility index (Phi) is 5.78. The van der Waals surface area contributed by atoms with E-state index in [9.17, 15) is 4.79 Å². The van der Waals surface area contributed by atoms with E-state index in [2.05, 4.69) is 16.7 Å². The summed E-state index contributed by atoms with van der Waals surface area (Å²) in [7, 11) is 1.67. The maximum absolute atomic E-state index is 13.7. The average molecular weight is 441 g/mol. The smallest absolute Gasteiger partial charge is 0.163 e. The zero-order valence-electron chi connectivity index (χ0n) is 18.9. The van der Waals surface area contributed by atoms with Gasteiger partial charge in [0.2, 0.25) is 0 Å². The van der Waals surface area contributed by atoms with E-state index in [1.807, 2.05) is 73.7 Å². The first-order valence-electron chi connectivity index (χ1n) is 11.4. The van der Waals surface area contributed by atoms with Gasteiger partial charge in [-0.1, -0.05) is 42.5 Å². The quantitative estimate of drug-likeness (QED) is 0.504. The van der Waals surface area contributed by atoms with Gasteiger partial charge in [0, 0.05) is 23.3 Å². The van der Waals surface area contributed by atoms with Crippen molar-refractivity contribution in [2.75, 3.05) is 24.4 Å². The number of methoxy groups -OCH3 is 1. The molecule has 2 unspecified atom stereocenters. The molecule has 0 spiro atoms. The minimum atomic E-state index is -0.294. The van der Waals surface area contributed by atoms with Gasteiger partial charge >= 0.3 is 0 Å². The first-order chi connectivity index (χ1) is 16.2. The van der Waals surface area contributed by atoms with Gasteiger partial charge in [0.25, 0.3) is 0 Å². The molecule has 2 atom stereocenters. The Balaban J connectivity index is 1.61. The van der Waals surface area contributed by atoms with Crippen molar-refractivity contribution in [2.45, 2.75) is 31.7 Å². The second kappa shape index (κ2) is 9.02. The van der Waals surface area contributed by atoms with Crippen molar-refractivity contribution >= 4 is 17.2 Å². The lowest BCUT2D eigenvalue weighted by atomic mass is 9.78. The molecule has 2 aliphatic rings. The number of Topliss-reactive ketones (excluding diaryl/α,β-unsaturated/α-hetero) is 1. The molecular weight excluding hydrogens is 412 g/mol. The molecule has 5 rings (SSSR count). The predicted octanol–water partition coefficient (Wildman–Crippen LogP) is 6.07. The number of ketones is 1. The van der Waals surface area contributed by atoms with Gasteiger partial charge in [-0.25, -0.2) is 0 Å². The number of allylic oxidation sites excluding steroid dienone is 1. The molecule has 5 nitrogen and oxygen atoms in total. The van der Waals surface area contributed by atoms with Crippen molar-refractivity contribution in [1.29, 1.82) is 0 Å². The highest BCUT2D eigenvalue weighted by Gasteiger charge is 2.37. The van der Waals surface area contributed by atoms with Crippen molar-refractivity contribution in [3.63, 3.8) is 0 Å². The van der Waals surface area contributed by atoms with Gasteiger partial charge in [0.15, 0.2) is 5.78 Å². The lowest BCUT2D eigenvalue weighted by molar-refractivity contribution is -0.116. The van der Waals surface area contributed by atoms with E-state index >= 15 is 0 Å². The molecule has 2 N–H and O–H groups in total. The van der Waals surface area contributed by atoms with Crippen LogP contribution in [-0.4, -0.2) is 19.5 Å². The summed E-state index contributed by atoms with van der Waals surface area (Å²) in [5.41, 5.74) is 5.78. The van der Waals surface area contributed by atoms with Crippen LogP contribution in [0.2, 0.25) is 0 Å². The summed E-state index contributed by atoms with van der Waals surface area (Å²) < 4.78 is 11.4. The maximum Gasteiger partial charge on any atom is 0.163 e. The molecule has 1 heterocycles. The Morgan fingerprint density at radius 3 is 2.55 bits per heavy atom. The third-order valence-corrected chi connectivity index (χ3v) is 6.40. The van der Waals surface area contributed by atoms with Gasteiger partial charge < -0.3 is 20.1 Å². The summed E-state index contributed by atoms with van der Waals surface area (Å²) in [6, 6.07) is 23.8. The molecular formula is C28H28N2O3. The predicted molar refractivity (Wildman–Crippen MR) is 131 cm³/mol. The molecule has 168 valence electrons. The monoisotopic (exact) mass is 440 g/mol. The topological polar surface area (TPSA) is 59.6 Å². The van der Waals surface area contributed by atoms with Gasteiger partial charge in [0.05, 0.1) is 31.1 Å². The Hall–Kier alpha value is -3.73. The number of ether oxygens (including phenoxy) is 2. The molecule has 0 fully saturated rings. The summed E-state index contributed by atoms with van der Waals surface area (Å²) in [6.45, 7) is 2.54. The lowest BCUT2D eigenvalue weighted by Gasteiger charge is -2.30. The molecule has 0 amide bonds. The SMILES string of the molecule is CCOc1ccccc1C1Nc2ccccc2NC2=C1C(=O)CC(c1cccc(OC)c1)C2. The van der Waals surface area contributed by atoms with E-state index in [1.54, 1.807) is 7.11 Å². The molecule has 0 aromatic heterocycles. The van der Waals surface area contributed by atoms with E-state index < -0.39 is 0 Å². The van der Waals surface area contributed by atoms with E-state index in [1.165, 1.54) is 0 Å². The highest BCUT2D eigenvalue weighted by Crippen LogP contribution is 2.46. The number of carbonyl (C=O) groups excluding carboxylic acids is 1. The first kappa shape index (κ1) is 21.1. The number of rotatable bonds is 5. The Labute approximate surface area is 194 Å². The largest absolute Gasteiger partial charge is 0.497 e. The van der Waals surface area contributed by atoms with Gasteiger partial charge in [-0.3, -0.25) is 4.79 Å². The third kappa shape index (κ3) is 4.07. The second-order valence-corrected chi connectivity index (χ2v) is 8.42. The van der Waals surface area contributed by atoms with Crippen LogP contribution in [0.1, 0.15) is 42.9 Å². The van der Waals surface area contributed by atoms with Crippen molar-refractivity contribution in [3.8, 4) is 11.5 Å². The number of hydrogen-bond acceptors (Lipinski definition) is 5. The number of benzene rings is 3. The molecule has 0 radical (unpaired) electrons. The standard InChI is InChI=1S/C28H28N2O3/c1-3-33-26-14-7-4-11-21(26)28-27-24(29-22-12-5-6-13-23(22)30-28)16-19(17-25(27)31)18-9-8-10-20(15-18)32-2/h4-15,19,28-30H,3,16-17H2,1-2H3. The molecule has 5 heteroatoms. The Morgan fingerprint density at radius 2 is 1.73 bits per heavy atom. The summed E-state index contributed by atoms with van der Waals surface area (Å²) in [4.78, 5) is 13.7. The van der Waals surface area contributed by atoms with Gasteiger partial charge in [-0.15, -0.1) is 0 Å². The molecule has 1 aliphatic carbocycles. The zero-order valence-corrected chi connectivity index (χ0v) is 18.9. The van der Waals surface area contributed by atoms with Crippen LogP contribution in [0.3, 0.4) is 0 Å². The maximum atomic E-state index is 13.7. The summed E-state index contributed by atoms with van der Waals surface area (Å²) >= 11 is 0. The van der Waals surface area contributed by atoms with Crippen LogP contribution < -0.4 is 20.1 Å². The summed E-state index contributed by atoms with van der Waals surface area (Å²) in [5, 5.41) is 7.23. The fourth-order valence-electron chi connectivity index (χ4n) is 4.86. The van der Waals surface area contributed by atoms with E-state index in [0.29, 0.717) is 13.0 Å². The van der Waals surface area contributed by atoms with Crippen molar-refractivity contribution in [2.24, 2.45) is 0 Å². The molecule has 3 aromatic rings. The zero-order chi connectivity index (χ0) is 22.8. The number of fused-ring (bicyclic) bond motifs is 1. The summed E-state index contributed by atoms with van der Waals surface area (Å²) in [6.07, 6.45) is 1.20. The number of para-hydroxylation sites is 3. The van der Waals surface area contributed by atoms with Gasteiger partial charge in [-0.05, 0) is 55.2 Å². The van der Waals surface area contributed by atoms with Crippen LogP contribution in [0, 0.1) is 0 Å². The number of hydrogen-bond donors (Lipinski definition) is 2. The second-order valence-electron chi connectivity index (χ2n) is 8.42. The van der Waals surface area contributed by atoms with E-state index in [4.69, 9.17) is 9.47 Å². The van der Waals surface area contributed by atoms with Crippen LogP contribution in [-0.2, 0) is 4.79 Å².